The van der Waals surface area contributed by atoms with E-state index in [9.17, 15) is 14.4 Å². The maximum absolute atomic E-state index is 14.1. The minimum absolute atomic E-state index is 0.0617. The van der Waals surface area contributed by atoms with Crippen LogP contribution in [0.3, 0.4) is 0 Å². The number of ketones is 1. The zero-order valence-electron chi connectivity index (χ0n) is 22.0. The molecule has 4 atom stereocenters. The molecule has 0 radical (unpaired) electrons. The van der Waals surface area contributed by atoms with Crippen LogP contribution in [0.15, 0.2) is 54.6 Å². The largest absolute Gasteiger partial charge is 0.445 e. The molecule has 0 N–H and O–H groups in total. The molecule has 2 aliphatic carbocycles. The third-order valence-electron chi connectivity index (χ3n) is 9.60. The van der Waals surface area contributed by atoms with Gasteiger partial charge in [0.25, 0.3) is 0 Å². The topological polar surface area (TPSA) is 63.7 Å². The molecular weight excluding hydrogens is 450 g/mol. The van der Waals surface area contributed by atoms with Gasteiger partial charge in [0.05, 0.1) is 11.1 Å². The summed E-state index contributed by atoms with van der Waals surface area (Å²) in [4.78, 5) is 42.0. The van der Waals surface area contributed by atoms with Gasteiger partial charge in [-0.2, -0.15) is 0 Å². The second kappa shape index (κ2) is 8.57. The van der Waals surface area contributed by atoms with Crippen LogP contribution < -0.4 is 4.90 Å². The van der Waals surface area contributed by atoms with Crippen molar-refractivity contribution in [3.8, 4) is 0 Å². The van der Waals surface area contributed by atoms with Gasteiger partial charge in [0.15, 0.2) is 0 Å². The van der Waals surface area contributed by atoms with Crippen LogP contribution in [0.1, 0.15) is 77.8 Å². The molecule has 3 aliphatic rings. The van der Waals surface area contributed by atoms with Crippen LogP contribution in [0.5, 0.6) is 0 Å². The van der Waals surface area contributed by atoms with E-state index in [0.717, 1.165) is 24.8 Å². The highest BCUT2D eigenvalue weighted by atomic mass is 16.6. The van der Waals surface area contributed by atoms with Crippen molar-refractivity contribution in [1.29, 1.82) is 0 Å². The number of hydrogen-bond acceptors (Lipinski definition) is 4. The number of Topliss-reactive ketones (excluding diaryl/α,β-unsaturated/α-hetero) is 1. The molecule has 36 heavy (non-hydrogen) atoms. The van der Waals surface area contributed by atoms with Crippen molar-refractivity contribution in [1.82, 2.24) is 0 Å². The van der Waals surface area contributed by atoms with Gasteiger partial charge >= 0.3 is 6.09 Å². The minimum atomic E-state index is -1.03. The standard InChI is InChI=1S/C31H37NO4/c1-20-15-16-23(29(2,3)21-11-7-6-8-12-21)25(19-20)36-28(35)32-24-14-10-9-13-22(24)31(27(32)34)18-17-26(33)30(31,4)5/h6-14,20,23,25H,15-19H2,1-5H3/t20-,23-,25-,31-/m1/s1. The van der Waals surface area contributed by atoms with Crippen LogP contribution in [-0.2, 0) is 25.2 Å². The highest BCUT2D eigenvalue weighted by Gasteiger charge is 2.66. The summed E-state index contributed by atoms with van der Waals surface area (Å²) >= 11 is 0. The molecule has 2 aromatic rings. The maximum atomic E-state index is 14.1. The van der Waals surface area contributed by atoms with E-state index in [1.807, 2.05) is 50.2 Å². The number of anilines is 1. The Kier molecular flexibility index (Phi) is 5.89. The van der Waals surface area contributed by atoms with Gasteiger partial charge in [-0.05, 0) is 47.8 Å². The molecule has 2 fully saturated rings. The van der Waals surface area contributed by atoms with Crippen molar-refractivity contribution in [2.75, 3.05) is 4.90 Å². The van der Waals surface area contributed by atoms with Gasteiger partial charge in [-0.3, -0.25) is 9.59 Å². The van der Waals surface area contributed by atoms with E-state index in [-0.39, 0.29) is 29.1 Å². The highest BCUT2D eigenvalue weighted by molar-refractivity contribution is 6.23. The Bertz CT molecular complexity index is 1200. The number of imide groups is 1. The summed E-state index contributed by atoms with van der Waals surface area (Å²) in [5.41, 5.74) is 0.437. The second-order valence-electron chi connectivity index (χ2n) is 12.1. The molecule has 190 valence electrons. The molecular formula is C31H37NO4. The molecule has 2 amide bonds. The number of benzene rings is 2. The van der Waals surface area contributed by atoms with Crippen LogP contribution in [-0.4, -0.2) is 23.9 Å². The fraction of sp³-hybridized carbons (Fsp3) is 0.516. The van der Waals surface area contributed by atoms with Gasteiger partial charge in [-0.15, -0.1) is 0 Å². The van der Waals surface area contributed by atoms with Crippen LogP contribution in [0.4, 0.5) is 10.5 Å². The Morgan fingerprint density at radius 1 is 1.00 bits per heavy atom. The van der Waals surface area contributed by atoms with Crippen LogP contribution in [0.2, 0.25) is 0 Å². The Morgan fingerprint density at radius 2 is 1.67 bits per heavy atom. The van der Waals surface area contributed by atoms with Gasteiger partial charge in [-0.1, -0.05) is 89.6 Å². The molecule has 0 unspecified atom stereocenters. The summed E-state index contributed by atoms with van der Waals surface area (Å²) in [5.74, 6) is 0.301. The molecule has 0 aromatic heterocycles. The number of carbonyl (C=O) groups excluding carboxylic acids is 3. The number of rotatable bonds is 3. The average molecular weight is 488 g/mol. The Labute approximate surface area is 214 Å². The summed E-state index contributed by atoms with van der Waals surface area (Å²) in [5, 5.41) is 0. The van der Waals surface area contributed by atoms with E-state index >= 15 is 0 Å². The Balaban J connectivity index is 1.48. The van der Waals surface area contributed by atoms with Crippen LogP contribution in [0, 0.1) is 17.3 Å². The molecule has 1 aliphatic heterocycles. The van der Waals surface area contributed by atoms with Crippen molar-refractivity contribution in [2.24, 2.45) is 17.3 Å². The molecule has 5 heteroatoms. The lowest BCUT2D eigenvalue weighted by molar-refractivity contribution is -0.133. The smallest absolute Gasteiger partial charge is 0.421 e. The lowest BCUT2D eigenvalue weighted by Crippen LogP contribution is -2.51. The lowest BCUT2D eigenvalue weighted by atomic mass is 9.64. The number of amides is 2. The SMILES string of the molecule is C[C@@H]1CC[C@@H](C(C)(C)c2ccccc2)[C@H](OC(=O)N2C(=O)[C@@]3(CCC(=O)C3(C)C)c3ccccc32)C1. The fourth-order valence-electron chi connectivity index (χ4n) is 7.18. The van der Waals surface area contributed by atoms with Gasteiger partial charge in [-0.25, -0.2) is 9.69 Å². The Hall–Kier alpha value is -2.95. The first kappa shape index (κ1) is 24.7. The molecule has 5 nitrogen and oxygen atoms in total. The zero-order chi connectivity index (χ0) is 25.9. The van der Waals surface area contributed by atoms with Crippen molar-refractivity contribution < 1.29 is 19.1 Å². The van der Waals surface area contributed by atoms with E-state index in [0.29, 0.717) is 24.4 Å². The van der Waals surface area contributed by atoms with E-state index in [1.165, 1.54) is 10.5 Å². The first-order valence-electron chi connectivity index (χ1n) is 13.3. The van der Waals surface area contributed by atoms with Crippen molar-refractivity contribution in [2.45, 2.75) is 83.7 Å². The van der Waals surface area contributed by atoms with Crippen molar-refractivity contribution >= 4 is 23.5 Å². The lowest BCUT2D eigenvalue weighted by Gasteiger charge is -2.44. The van der Waals surface area contributed by atoms with Gasteiger partial charge in [0, 0.05) is 17.8 Å². The first-order valence-corrected chi connectivity index (χ1v) is 13.3. The number of para-hydroxylation sites is 1. The number of nitrogens with zero attached hydrogens (tertiary/aromatic N) is 1. The van der Waals surface area contributed by atoms with Gasteiger partial charge in [0.1, 0.15) is 11.9 Å². The predicted molar refractivity (Wildman–Crippen MR) is 140 cm³/mol. The molecule has 2 saturated carbocycles. The van der Waals surface area contributed by atoms with E-state index in [4.69, 9.17) is 4.74 Å². The minimum Gasteiger partial charge on any atom is -0.445 e. The second-order valence-corrected chi connectivity index (χ2v) is 12.1. The third-order valence-corrected chi connectivity index (χ3v) is 9.60. The number of carbonyl (C=O) groups is 3. The number of hydrogen-bond donors (Lipinski definition) is 0. The highest BCUT2D eigenvalue weighted by Crippen LogP contribution is 2.59. The molecule has 0 saturated heterocycles. The monoisotopic (exact) mass is 487 g/mol. The summed E-state index contributed by atoms with van der Waals surface area (Å²) in [6.45, 7) is 10.3. The van der Waals surface area contributed by atoms with E-state index in [2.05, 4.69) is 32.9 Å². The molecule has 1 spiro atoms. The summed E-state index contributed by atoms with van der Waals surface area (Å²) in [6.07, 6.45) is 2.65. The van der Waals surface area contributed by atoms with Crippen molar-refractivity contribution in [3.05, 3.63) is 65.7 Å². The summed E-state index contributed by atoms with van der Waals surface area (Å²) < 4.78 is 6.27. The zero-order valence-corrected chi connectivity index (χ0v) is 22.0. The maximum Gasteiger partial charge on any atom is 0.421 e. The van der Waals surface area contributed by atoms with E-state index < -0.39 is 16.9 Å². The average Bonchev–Trinajstić information content (AvgIpc) is 3.25. The van der Waals surface area contributed by atoms with Crippen LogP contribution >= 0.6 is 0 Å². The molecule has 5 rings (SSSR count). The van der Waals surface area contributed by atoms with Crippen molar-refractivity contribution in [3.63, 3.8) is 0 Å². The first-order chi connectivity index (χ1) is 17.0. The number of ether oxygens (including phenoxy) is 1. The summed E-state index contributed by atoms with van der Waals surface area (Å²) in [6, 6.07) is 17.8. The van der Waals surface area contributed by atoms with Gasteiger partial charge in [0.2, 0.25) is 5.91 Å². The summed E-state index contributed by atoms with van der Waals surface area (Å²) in [7, 11) is 0. The third kappa shape index (κ3) is 3.46. The number of fused-ring (bicyclic) bond motifs is 2. The molecule has 2 aromatic carbocycles. The molecule has 1 heterocycles. The van der Waals surface area contributed by atoms with Gasteiger partial charge < -0.3 is 4.74 Å². The van der Waals surface area contributed by atoms with Crippen LogP contribution in [0.25, 0.3) is 0 Å². The quantitative estimate of drug-likeness (QED) is 0.491. The van der Waals surface area contributed by atoms with E-state index in [1.54, 1.807) is 6.07 Å². The fourth-order valence-corrected chi connectivity index (χ4v) is 7.18. The molecule has 0 bridgehead atoms. The normalized spacial score (nSPS) is 29.5. The Morgan fingerprint density at radius 3 is 2.33 bits per heavy atom. The predicted octanol–water partition coefficient (Wildman–Crippen LogP) is 6.58.